The summed E-state index contributed by atoms with van der Waals surface area (Å²) >= 11 is 0. The minimum Gasteiger partial charge on any atom is -0.426 e. The number of hydrogen-bond acceptors (Lipinski definition) is 7. The van der Waals surface area contributed by atoms with Crippen molar-refractivity contribution in [3.05, 3.63) is 75.5 Å². The number of para-hydroxylation sites is 1. The molecule has 8 nitrogen and oxygen atoms in total. The number of ether oxygens (including phenoxy) is 2. The van der Waals surface area contributed by atoms with Crippen LogP contribution in [0.2, 0.25) is 0 Å². The number of esters is 2. The molecule has 0 aliphatic carbocycles. The van der Waals surface area contributed by atoms with Crippen LogP contribution in [0.25, 0.3) is 6.08 Å². The van der Waals surface area contributed by atoms with Crippen LogP contribution < -0.4 is 4.74 Å². The maximum atomic E-state index is 12.0. The number of nitro benzene ring substituents is 1. The highest BCUT2D eigenvalue weighted by Crippen LogP contribution is 2.25. The summed E-state index contributed by atoms with van der Waals surface area (Å²) in [6.45, 7) is 1.28. The minimum atomic E-state index is -0.670. The fourth-order valence-corrected chi connectivity index (χ4v) is 2.25. The van der Waals surface area contributed by atoms with Gasteiger partial charge in [0.1, 0.15) is 5.75 Å². The number of nitro groups is 1. The van der Waals surface area contributed by atoms with Crippen LogP contribution in [0.1, 0.15) is 18.1 Å². The van der Waals surface area contributed by atoms with Gasteiger partial charge in [-0.25, -0.2) is 9.79 Å². The van der Waals surface area contributed by atoms with E-state index >= 15 is 0 Å². The molecule has 0 spiro atoms. The third kappa shape index (κ3) is 3.64. The normalized spacial score (nSPS) is 14.7. The summed E-state index contributed by atoms with van der Waals surface area (Å²) in [5.41, 5.74) is 0.867. The first kappa shape index (κ1) is 17.0. The number of nitrogens with zero attached hydrogens (tertiary/aromatic N) is 2. The summed E-state index contributed by atoms with van der Waals surface area (Å²) in [6, 6.07) is 12.2. The van der Waals surface area contributed by atoms with Gasteiger partial charge >= 0.3 is 11.9 Å². The molecule has 0 saturated heterocycles. The number of non-ortho nitro benzene ring substituents is 1. The van der Waals surface area contributed by atoms with E-state index in [1.54, 1.807) is 24.3 Å². The van der Waals surface area contributed by atoms with Crippen LogP contribution in [0.5, 0.6) is 5.75 Å². The minimum absolute atomic E-state index is 0.0259. The lowest BCUT2D eigenvalue weighted by Crippen LogP contribution is -2.05. The molecular formula is C18H12N2O6. The predicted octanol–water partition coefficient (Wildman–Crippen LogP) is 2.86. The summed E-state index contributed by atoms with van der Waals surface area (Å²) in [5, 5.41) is 10.7. The summed E-state index contributed by atoms with van der Waals surface area (Å²) in [4.78, 5) is 37.5. The molecule has 0 amide bonds. The van der Waals surface area contributed by atoms with Gasteiger partial charge in [0.2, 0.25) is 5.90 Å². The molecule has 0 aromatic heterocycles. The van der Waals surface area contributed by atoms with Gasteiger partial charge in [0, 0.05) is 30.2 Å². The molecule has 3 rings (SSSR count). The molecule has 0 N–H and O–H groups in total. The van der Waals surface area contributed by atoms with Crippen molar-refractivity contribution in [1.29, 1.82) is 0 Å². The molecule has 2 aromatic rings. The first-order valence-electron chi connectivity index (χ1n) is 7.49. The topological polar surface area (TPSA) is 108 Å². The predicted molar refractivity (Wildman–Crippen MR) is 91.5 cm³/mol. The van der Waals surface area contributed by atoms with E-state index < -0.39 is 16.9 Å². The highest BCUT2D eigenvalue weighted by molar-refractivity contribution is 6.13. The molecule has 0 unspecified atom stereocenters. The first-order chi connectivity index (χ1) is 12.4. The third-order valence-corrected chi connectivity index (χ3v) is 3.41. The Bertz CT molecular complexity index is 960. The van der Waals surface area contributed by atoms with Crippen molar-refractivity contribution >= 4 is 29.6 Å². The van der Waals surface area contributed by atoms with Crippen molar-refractivity contribution in [2.24, 2.45) is 4.99 Å². The third-order valence-electron chi connectivity index (χ3n) is 3.41. The van der Waals surface area contributed by atoms with Crippen LogP contribution in [0.4, 0.5) is 5.69 Å². The van der Waals surface area contributed by atoms with E-state index in [9.17, 15) is 19.7 Å². The Morgan fingerprint density at radius 2 is 1.88 bits per heavy atom. The lowest BCUT2D eigenvalue weighted by Gasteiger charge is -2.04. The Morgan fingerprint density at radius 3 is 2.54 bits per heavy atom. The molecule has 26 heavy (non-hydrogen) atoms. The van der Waals surface area contributed by atoms with Crippen LogP contribution in [0.15, 0.2) is 59.2 Å². The van der Waals surface area contributed by atoms with E-state index in [1.165, 1.54) is 37.3 Å². The smallest absolute Gasteiger partial charge is 0.363 e. The lowest BCUT2D eigenvalue weighted by atomic mass is 10.1. The van der Waals surface area contributed by atoms with E-state index in [2.05, 4.69) is 4.99 Å². The van der Waals surface area contributed by atoms with E-state index in [4.69, 9.17) is 9.47 Å². The largest absolute Gasteiger partial charge is 0.426 e. The number of rotatable bonds is 4. The average Bonchev–Trinajstić information content (AvgIpc) is 2.97. The number of hydrogen-bond donors (Lipinski definition) is 0. The van der Waals surface area contributed by atoms with E-state index in [0.717, 1.165) is 0 Å². The van der Waals surface area contributed by atoms with Crippen LogP contribution in [-0.2, 0) is 14.3 Å². The number of carbonyl (C=O) groups excluding carboxylic acids is 2. The second-order valence-corrected chi connectivity index (χ2v) is 5.27. The molecule has 130 valence electrons. The standard InChI is InChI=1S/C18H12N2O6/c1-11(21)25-16-5-3-2-4-13(16)10-15-18(22)26-17(19-15)12-6-8-14(9-7-12)20(23)24/h2-10H,1H3/b15-10+. The highest BCUT2D eigenvalue weighted by atomic mass is 16.6. The fraction of sp³-hybridized carbons (Fsp3) is 0.0556. The molecular weight excluding hydrogens is 340 g/mol. The Hall–Kier alpha value is -3.81. The molecule has 0 atom stereocenters. The van der Waals surface area contributed by atoms with Crippen molar-refractivity contribution < 1.29 is 24.0 Å². The molecule has 0 saturated carbocycles. The maximum Gasteiger partial charge on any atom is 0.363 e. The van der Waals surface area contributed by atoms with E-state index in [-0.39, 0.29) is 17.3 Å². The fourth-order valence-electron chi connectivity index (χ4n) is 2.25. The quantitative estimate of drug-likeness (QED) is 0.275. The average molecular weight is 352 g/mol. The van der Waals surface area contributed by atoms with Crippen molar-refractivity contribution in [1.82, 2.24) is 0 Å². The van der Waals surface area contributed by atoms with Gasteiger partial charge in [0.25, 0.3) is 5.69 Å². The summed E-state index contributed by atoms with van der Waals surface area (Å²) in [6.07, 6.45) is 1.44. The number of carbonyl (C=O) groups is 2. The Morgan fingerprint density at radius 1 is 1.19 bits per heavy atom. The maximum absolute atomic E-state index is 12.0. The SMILES string of the molecule is CC(=O)Oc1ccccc1/C=C1/N=C(c2ccc([N+](=O)[O-])cc2)OC1=O. The monoisotopic (exact) mass is 352 g/mol. The summed E-state index contributed by atoms with van der Waals surface area (Å²) < 4.78 is 10.2. The van der Waals surface area contributed by atoms with E-state index in [0.29, 0.717) is 16.9 Å². The lowest BCUT2D eigenvalue weighted by molar-refractivity contribution is -0.384. The Kier molecular flexibility index (Phi) is 4.57. The van der Waals surface area contributed by atoms with Crippen LogP contribution in [0.3, 0.4) is 0 Å². The molecule has 0 radical (unpaired) electrons. The van der Waals surface area contributed by atoms with Crippen LogP contribution in [0, 0.1) is 10.1 Å². The first-order valence-corrected chi connectivity index (χ1v) is 7.49. The van der Waals surface area contributed by atoms with Crippen LogP contribution >= 0.6 is 0 Å². The van der Waals surface area contributed by atoms with Crippen molar-refractivity contribution in [3.63, 3.8) is 0 Å². The van der Waals surface area contributed by atoms with Gasteiger partial charge in [-0.3, -0.25) is 14.9 Å². The zero-order chi connectivity index (χ0) is 18.7. The van der Waals surface area contributed by atoms with Gasteiger partial charge in [-0.05, 0) is 24.3 Å². The van der Waals surface area contributed by atoms with Crippen LogP contribution in [-0.4, -0.2) is 22.8 Å². The van der Waals surface area contributed by atoms with Gasteiger partial charge in [-0.1, -0.05) is 18.2 Å². The number of cyclic esters (lactones) is 1. The zero-order valence-corrected chi connectivity index (χ0v) is 13.5. The second-order valence-electron chi connectivity index (χ2n) is 5.27. The number of benzene rings is 2. The summed E-state index contributed by atoms with van der Waals surface area (Å²) in [7, 11) is 0. The molecule has 2 aromatic carbocycles. The van der Waals surface area contributed by atoms with E-state index in [1.807, 2.05) is 0 Å². The van der Waals surface area contributed by atoms with Crippen molar-refractivity contribution in [3.8, 4) is 5.75 Å². The van der Waals surface area contributed by atoms with Gasteiger partial charge in [0.15, 0.2) is 5.70 Å². The Labute approximate surface area is 147 Å². The molecule has 1 aliphatic rings. The molecule has 0 bridgehead atoms. The molecule has 0 fully saturated rings. The molecule has 1 heterocycles. The molecule has 8 heteroatoms. The van der Waals surface area contributed by atoms with Gasteiger partial charge < -0.3 is 9.47 Å². The second kappa shape index (κ2) is 6.98. The van der Waals surface area contributed by atoms with Crippen molar-refractivity contribution in [2.45, 2.75) is 6.92 Å². The van der Waals surface area contributed by atoms with Gasteiger partial charge in [0.05, 0.1) is 4.92 Å². The highest BCUT2D eigenvalue weighted by Gasteiger charge is 2.25. The zero-order valence-electron chi connectivity index (χ0n) is 13.5. The molecule has 1 aliphatic heterocycles. The Balaban J connectivity index is 1.92. The summed E-state index contributed by atoms with van der Waals surface area (Å²) in [5.74, 6) is -0.823. The number of aliphatic imine (C=N–C) groups is 1. The van der Waals surface area contributed by atoms with Gasteiger partial charge in [-0.2, -0.15) is 0 Å². The van der Waals surface area contributed by atoms with Crippen molar-refractivity contribution in [2.75, 3.05) is 0 Å². The van der Waals surface area contributed by atoms with Gasteiger partial charge in [-0.15, -0.1) is 0 Å².